The quantitative estimate of drug-likeness (QED) is 0.588. The number of carbonyl (C=O) groups is 1. The summed E-state index contributed by atoms with van der Waals surface area (Å²) in [5.74, 6) is -0.590. The Labute approximate surface area is 140 Å². The molecule has 24 heavy (non-hydrogen) atoms. The van der Waals surface area contributed by atoms with Gasteiger partial charge in [-0.1, -0.05) is 6.92 Å². The third kappa shape index (κ3) is 3.61. The molecule has 1 unspecified atom stereocenters. The Morgan fingerprint density at radius 2 is 2.12 bits per heavy atom. The first-order chi connectivity index (χ1) is 11.2. The van der Waals surface area contributed by atoms with Crippen molar-refractivity contribution in [3.63, 3.8) is 0 Å². The van der Waals surface area contributed by atoms with Crippen LogP contribution in [0, 0.1) is 29.9 Å². The van der Waals surface area contributed by atoms with Gasteiger partial charge in [0.05, 0.1) is 35.5 Å². The number of hydrogen-bond acceptors (Lipinski definition) is 5. The summed E-state index contributed by atoms with van der Waals surface area (Å²) in [4.78, 5) is 24.4. The maximum Gasteiger partial charge on any atom is 0.390 e. The molecule has 130 valence electrons. The zero-order valence-electron chi connectivity index (χ0n) is 14.6. The second-order valence-corrected chi connectivity index (χ2v) is 6.06. The lowest BCUT2D eigenvalue weighted by Crippen LogP contribution is -2.33. The first-order valence-corrected chi connectivity index (χ1v) is 7.62. The Balaban J connectivity index is 2.03. The van der Waals surface area contributed by atoms with Gasteiger partial charge in [0, 0.05) is 31.9 Å². The summed E-state index contributed by atoms with van der Waals surface area (Å²) in [5, 5.41) is 18.9. The van der Waals surface area contributed by atoms with E-state index in [1.54, 1.807) is 36.7 Å². The number of aryl methyl sites for hydroxylation is 2. The summed E-state index contributed by atoms with van der Waals surface area (Å²) in [5.41, 5.74) is 2.67. The maximum atomic E-state index is 12.5. The molecule has 0 saturated carbocycles. The van der Waals surface area contributed by atoms with Crippen LogP contribution in [-0.4, -0.2) is 42.3 Å². The normalized spacial score (nSPS) is 12.2. The monoisotopic (exact) mass is 334 g/mol. The molecule has 0 aliphatic carbocycles. The van der Waals surface area contributed by atoms with E-state index in [4.69, 9.17) is 0 Å². The highest BCUT2D eigenvalue weighted by molar-refractivity contribution is 5.78. The Morgan fingerprint density at radius 1 is 1.46 bits per heavy atom. The fourth-order valence-electron chi connectivity index (χ4n) is 2.51. The van der Waals surface area contributed by atoms with E-state index in [1.807, 2.05) is 14.0 Å². The van der Waals surface area contributed by atoms with Gasteiger partial charge in [-0.2, -0.15) is 9.78 Å². The maximum absolute atomic E-state index is 12.5. The van der Waals surface area contributed by atoms with Crippen LogP contribution >= 0.6 is 0 Å². The van der Waals surface area contributed by atoms with Crippen molar-refractivity contribution in [1.82, 2.24) is 24.5 Å². The van der Waals surface area contributed by atoms with Gasteiger partial charge in [0.2, 0.25) is 5.91 Å². The number of nitrogens with zero attached hydrogens (tertiary/aromatic N) is 6. The molecule has 0 bridgehead atoms. The molecule has 9 nitrogen and oxygen atoms in total. The molecular formula is C15H22N6O3. The van der Waals surface area contributed by atoms with Gasteiger partial charge in [-0.25, -0.2) is 0 Å². The minimum absolute atomic E-state index is 0.0455. The molecule has 0 saturated heterocycles. The number of carbonyl (C=O) groups excluding carboxylic acids is 1. The molecule has 0 spiro atoms. The molecule has 2 heterocycles. The third-order valence-corrected chi connectivity index (χ3v) is 4.14. The minimum Gasteiger partial charge on any atom is -0.358 e. The van der Waals surface area contributed by atoms with E-state index in [9.17, 15) is 14.9 Å². The van der Waals surface area contributed by atoms with Gasteiger partial charge in [0.1, 0.15) is 0 Å². The molecule has 0 aliphatic heterocycles. The number of hydrogen-bond donors (Lipinski definition) is 0. The SMILES string of the molecule is Cc1c(CN(C)C(=O)C(C)Cn2nc([N+](=O)[O-])cc2C)cnn1C. The van der Waals surface area contributed by atoms with Crippen LogP contribution in [0.2, 0.25) is 0 Å². The lowest BCUT2D eigenvalue weighted by molar-refractivity contribution is -0.389. The fraction of sp³-hybridized carbons (Fsp3) is 0.533. The van der Waals surface area contributed by atoms with Gasteiger partial charge in [-0.15, -0.1) is 0 Å². The van der Waals surface area contributed by atoms with Crippen LogP contribution in [0.1, 0.15) is 23.9 Å². The largest absolute Gasteiger partial charge is 0.390 e. The Bertz CT molecular complexity index is 763. The highest BCUT2D eigenvalue weighted by Crippen LogP contribution is 2.15. The second-order valence-electron chi connectivity index (χ2n) is 6.06. The highest BCUT2D eigenvalue weighted by atomic mass is 16.6. The first-order valence-electron chi connectivity index (χ1n) is 7.62. The molecule has 9 heteroatoms. The van der Waals surface area contributed by atoms with Gasteiger partial charge >= 0.3 is 5.82 Å². The van der Waals surface area contributed by atoms with Crippen molar-refractivity contribution < 1.29 is 9.72 Å². The Kier molecular flexibility index (Phi) is 5.01. The average molecular weight is 334 g/mol. The number of aromatic nitrogens is 4. The van der Waals surface area contributed by atoms with Crippen LogP contribution in [-0.2, 0) is 24.9 Å². The second kappa shape index (κ2) is 6.81. The van der Waals surface area contributed by atoms with Crippen LogP contribution in [0.25, 0.3) is 0 Å². The predicted octanol–water partition coefficient (Wildman–Crippen LogP) is 1.44. The van der Waals surface area contributed by atoms with Gasteiger partial charge < -0.3 is 15.0 Å². The zero-order valence-corrected chi connectivity index (χ0v) is 14.6. The van der Waals surface area contributed by atoms with Crippen LogP contribution in [0.3, 0.4) is 0 Å². The van der Waals surface area contributed by atoms with Crippen LogP contribution in [0.5, 0.6) is 0 Å². The molecule has 2 aromatic rings. The molecule has 0 radical (unpaired) electrons. The summed E-state index contributed by atoms with van der Waals surface area (Å²) < 4.78 is 3.27. The molecule has 2 rings (SSSR count). The summed E-state index contributed by atoms with van der Waals surface area (Å²) >= 11 is 0. The molecule has 1 amide bonds. The standard InChI is InChI=1S/C15H22N6O3/c1-10(8-20-11(2)6-14(17-20)21(23)24)15(22)18(4)9-13-7-16-19(5)12(13)3/h6-7,10H,8-9H2,1-5H3. The summed E-state index contributed by atoms with van der Waals surface area (Å²) in [7, 11) is 3.60. The van der Waals surface area contributed by atoms with Crippen LogP contribution in [0.15, 0.2) is 12.3 Å². The molecule has 0 aromatic carbocycles. The Morgan fingerprint density at radius 3 is 2.62 bits per heavy atom. The van der Waals surface area contributed by atoms with E-state index in [0.29, 0.717) is 18.8 Å². The summed E-state index contributed by atoms with van der Waals surface area (Å²) in [6.07, 6.45) is 1.75. The summed E-state index contributed by atoms with van der Waals surface area (Å²) in [6, 6.07) is 1.40. The van der Waals surface area contributed by atoms with Crippen molar-refractivity contribution in [3.05, 3.63) is 39.3 Å². The fourth-order valence-corrected chi connectivity index (χ4v) is 2.51. The molecular weight excluding hydrogens is 312 g/mol. The van der Waals surface area contributed by atoms with Gasteiger partial charge in [0.15, 0.2) is 0 Å². The van der Waals surface area contributed by atoms with E-state index in [2.05, 4.69) is 10.2 Å². The molecule has 0 aliphatic rings. The van der Waals surface area contributed by atoms with E-state index in [0.717, 1.165) is 11.3 Å². The number of rotatable bonds is 6. The predicted molar refractivity (Wildman–Crippen MR) is 87.2 cm³/mol. The molecule has 2 aromatic heterocycles. The lowest BCUT2D eigenvalue weighted by atomic mass is 10.1. The van der Waals surface area contributed by atoms with Crippen LogP contribution in [0.4, 0.5) is 5.82 Å². The van der Waals surface area contributed by atoms with Crippen molar-refractivity contribution in [2.24, 2.45) is 13.0 Å². The van der Waals surface area contributed by atoms with Gasteiger partial charge in [-0.05, 0) is 18.8 Å². The van der Waals surface area contributed by atoms with Crippen molar-refractivity contribution in [2.45, 2.75) is 33.9 Å². The average Bonchev–Trinajstić information content (AvgIpc) is 3.04. The first kappa shape index (κ1) is 17.6. The van der Waals surface area contributed by atoms with Crippen LogP contribution < -0.4 is 0 Å². The summed E-state index contributed by atoms with van der Waals surface area (Å²) in [6.45, 7) is 6.26. The molecule has 0 fully saturated rings. The molecule has 1 atom stereocenters. The topological polar surface area (TPSA) is 99.1 Å². The van der Waals surface area contributed by atoms with E-state index < -0.39 is 4.92 Å². The zero-order chi connectivity index (χ0) is 18.0. The van der Waals surface area contributed by atoms with Gasteiger partial charge in [0.25, 0.3) is 0 Å². The van der Waals surface area contributed by atoms with Crippen molar-refractivity contribution in [2.75, 3.05) is 7.05 Å². The number of nitro groups is 1. The number of amides is 1. The lowest BCUT2D eigenvalue weighted by Gasteiger charge is -2.21. The van der Waals surface area contributed by atoms with E-state index in [1.165, 1.54) is 10.7 Å². The van der Waals surface area contributed by atoms with Crippen molar-refractivity contribution in [1.29, 1.82) is 0 Å². The minimum atomic E-state index is -0.534. The smallest absolute Gasteiger partial charge is 0.358 e. The Hall–Kier alpha value is -2.71. The van der Waals surface area contributed by atoms with Crippen molar-refractivity contribution >= 4 is 11.7 Å². The van der Waals surface area contributed by atoms with E-state index >= 15 is 0 Å². The van der Waals surface area contributed by atoms with Gasteiger partial charge in [-0.3, -0.25) is 9.48 Å². The van der Waals surface area contributed by atoms with Crippen molar-refractivity contribution in [3.8, 4) is 0 Å². The molecule has 0 N–H and O–H groups in total. The third-order valence-electron chi connectivity index (χ3n) is 4.14. The van der Waals surface area contributed by atoms with E-state index in [-0.39, 0.29) is 17.6 Å². The highest BCUT2D eigenvalue weighted by Gasteiger charge is 2.23.